The molecule has 0 spiro atoms. The van der Waals surface area contributed by atoms with Crippen molar-refractivity contribution in [1.29, 1.82) is 0 Å². The van der Waals surface area contributed by atoms with Crippen LogP contribution >= 0.6 is 0 Å². The molecular formula is C17H24N2O5. The Hall–Kier alpha value is -2.02. The van der Waals surface area contributed by atoms with E-state index in [0.29, 0.717) is 13.2 Å². The number of carboxylic acid groups (broad SMARTS) is 1. The summed E-state index contributed by atoms with van der Waals surface area (Å²) in [6, 6.07) is -1.01. The molecule has 3 aliphatic rings. The molecule has 1 fully saturated rings. The highest BCUT2D eigenvalue weighted by molar-refractivity contribution is 5.83. The Bertz CT molecular complexity index is 605. The van der Waals surface area contributed by atoms with Crippen LogP contribution in [0, 0.1) is 5.92 Å². The van der Waals surface area contributed by atoms with Crippen LogP contribution in [0.1, 0.15) is 27.2 Å². The maximum absolute atomic E-state index is 12.4. The van der Waals surface area contributed by atoms with E-state index in [9.17, 15) is 14.7 Å². The fourth-order valence-corrected chi connectivity index (χ4v) is 3.33. The largest absolute Gasteiger partial charge is 0.479 e. The molecule has 1 saturated heterocycles. The molecule has 3 rings (SSSR count). The number of fused-ring (bicyclic) bond motifs is 2. The topological polar surface area (TPSA) is 88.1 Å². The highest BCUT2D eigenvalue weighted by Gasteiger charge is 2.41. The standard InChI is InChI=1S/C17H24N2O5/c1-17(2,3)24-16(22)19-9-11-8-14-12(18-4-5-23-14)6-10(11)7-13(19)15(20)21/h6-7,11,13-14,18H,4-5,8-9H2,1-3H3,(H,20,21). The zero-order valence-corrected chi connectivity index (χ0v) is 14.2. The fourth-order valence-electron chi connectivity index (χ4n) is 3.33. The van der Waals surface area contributed by atoms with Crippen LogP contribution < -0.4 is 5.32 Å². The molecule has 24 heavy (non-hydrogen) atoms. The van der Waals surface area contributed by atoms with Gasteiger partial charge in [0.1, 0.15) is 5.60 Å². The normalized spacial score (nSPS) is 29.5. The second-order valence-electron chi connectivity index (χ2n) is 7.40. The minimum absolute atomic E-state index is 0.0113. The Kier molecular flexibility index (Phi) is 4.29. The molecule has 7 heteroatoms. The van der Waals surface area contributed by atoms with Gasteiger partial charge in [-0.3, -0.25) is 4.90 Å². The fraction of sp³-hybridized carbons (Fsp3) is 0.647. The molecule has 0 bridgehead atoms. The first-order valence-electron chi connectivity index (χ1n) is 8.26. The quantitative estimate of drug-likeness (QED) is 0.755. The van der Waals surface area contributed by atoms with Gasteiger partial charge >= 0.3 is 12.1 Å². The minimum atomic E-state index is -1.06. The van der Waals surface area contributed by atoms with Crippen molar-refractivity contribution in [2.75, 3.05) is 19.7 Å². The average Bonchev–Trinajstić information content (AvgIpc) is 2.49. The lowest BCUT2D eigenvalue weighted by Crippen LogP contribution is -2.52. The second-order valence-corrected chi connectivity index (χ2v) is 7.40. The van der Waals surface area contributed by atoms with E-state index in [1.54, 1.807) is 26.8 Å². The number of hydrogen-bond acceptors (Lipinski definition) is 5. The van der Waals surface area contributed by atoms with Gasteiger partial charge in [0.15, 0.2) is 6.04 Å². The molecule has 1 aliphatic carbocycles. The van der Waals surface area contributed by atoms with Gasteiger partial charge in [-0.15, -0.1) is 0 Å². The van der Waals surface area contributed by atoms with Crippen molar-refractivity contribution in [2.45, 2.75) is 44.9 Å². The number of morpholine rings is 1. The molecule has 0 saturated carbocycles. The van der Waals surface area contributed by atoms with Gasteiger partial charge in [-0.1, -0.05) is 0 Å². The summed E-state index contributed by atoms with van der Waals surface area (Å²) in [5.74, 6) is -0.998. The molecule has 3 atom stereocenters. The molecule has 1 amide bonds. The van der Waals surface area contributed by atoms with Gasteiger partial charge in [-0.25, -0.2) is 9.59 Å². The predicted octanol–water partition coefficient (Wildman–Crippen LogP) is 1.51. The summed E-state index contributed by atoms with van der Waals surface area (Å²) >= 11 is 0. The number of amides is 1. The number of aliphatic carboxylic acids is 1. The summed E-state index contributed by atoms with van der Waals surface area (Å²) in [5.41, 5.74) is 1.28. The maximum Gasteiger partial charge on any atom is 0.411 e. The van der Waals surface area contributed by atoms with Gasteiger partial charge in [-0.2, -0.15) is 0 Å². The van der Waals surface area contributed by atoms with Gasteiger partial charge < -0.3 is 19.9 Å². The van der Waals surface area contributed by atoms with Gasteiger partial charge in [-0.05, 0) is 44.9 Å². The summed E-state index contributed by atoms with van der Waals surface area (Å²) in [4.78, 5) is 25.4. The van der Waals surface area contributed by atoms with Crippen molar-refractivity contribution < 1.29 is 24.2 Å². The number of carbonyl (C=O) groups is 2. The van der Waals surface area contributed by atoms with Gasteiger partial charge in [0.05, 0.1) is 12.7 Å². The molecule has 0 aromatic carbocycles. The molecular weight excluding hydrogens is 312 g/mol. The van der Waals surface area contributed by atoms with Gasteiger partial charge in [0, 0.05) is 24.7 Å². The van der Waals surface area contributed by atoms with Crippen LogP contribution in [-0.4, -0.2) is 59.5 Å². The maximum atomic E-state index is 12.4. The van der Waals surface area contributed by atoms with Crippen molar-refractivity contribution in [2.24, 2.45) is 5.92 Å². The second kappa shape index (κ2) is 6.12. The van der Waals surface area contributed by atoms with Gasteiger partial charge in [0.25, 0.3) is 0 Å². The van der Waals surface area contributed by atoms with Crippen LogP contribution in [-0.2, 0) is 14.3 Å². The van der Waals surface area contributed by atoms with E-state index in [2.05, 4.69) is 5.32 Å². The summed E-state index contributed by atoms with van der Waals surface area (Å²) < 4.78 is 11.2. The first kappa shape index (κ1) is 16.8. The van der Waals surface area contributed by atoms with E-state index >= 15 is 0 Å². The van der Waals surface area contributed by atoms with Crippen LogP contribution in [0.2, 0.25) is 0 Å². The number of carboxylic acids is 1. The van der Waals surface area contributed by atoms with Crippen LogP contribution in [0.5, 0.6) is 0 Å². The Balaban J connectivity index is 1.87. The average molecular weight is 336 g/mol. The number of ether oxygens (including phenoxy) is 2. The summed E-state index contributed by atoms with van der Waals surface area (Å²) in [6.45, 7) is 7.03. The molecule has 0 aromatic heterocycles. The van der Waals surface area contributed by atoms with Gasteiger partial charge in [0.2, 0.25) is 0 Å². The van der Waals surface area contributed by atoms with Crippen LogP contribution in [0.25, 0.3) is 0 Å². The van der Waals surface area contributed by atoms with Crippen molar-refractivity contribution in [3.05, 3.63) is 23.4 Å². The zero-order valence-electron chi connectivity index (χ0n) is 14.2. The molecule has 0 radical (unpaired) electrons. The Morgan fingerprint density at radius 1 is 1.42 bits per heavy atom. The Morgan fingerprint density at radius 2 is 2.17 bits per heavy atom. The number of nitrogens with one attached hydrogen (secondary N) is 1. The molecule has 2 aliphatic heterocycles. The van der Waals surface area contributed by atoms with E-state index in [0.717, 1.165) is 24.2 Å². The van der Waals surface area contributed by atoms with Crippen molar-refractivity contribution in [3.8, 4) is 0 Å². The van der Waals surface area contributed by atoms with Crippen LogP contribution in [0.4, 0.5) is 4.79 Å². The van der Waals surface area contributed by atoms with Crippen molar-refractivity contribution >= 4 is 12.1 Å². The number of carbonyl (C=O) groups excluding carboxylic acids is 1. The van der Waals surface area contributed by atoms with E-state index in [4.69, 9.17) is 9.47 Å². The molecule has 2 N–H and O–H groups in total. The van der Waals surface area contributed by atoms with E-state index < -0.39 is 23.7 Å². The third kappa shape index (κ3) is 3.40. The summed E-state index contributed by atoms with van der Waals surface area (Å²) in [5, 5.41) is 12.8. The molecule has 132 valence electrons. The van der Waals surface area contributed by atoms with E-state index in [-0.39, 0.29) is 12.0 Å². The smallest absolute Gasteiger partial charge is 0.411 e. The predicted molar refractivity (Wildman–Crippen MR) is 86.4 cm³/mol. The first-order chi connectivity index (χ1) is 11.2. The molecule has 0 aromatic rings. The van der Waals surface area contributed by atoms with Crippen molar-refractivity contribution in [3.63, 3.8) is 0 Å². The number of nitrogens with zero attached hydrogens (tertiary/aromatic N) is 1. The third-order valence-electron chi connectivity index (χ3n) is 4.37. The molecule has 3 unspecified atom stereocenters. The number of allylic oxidation sites excluding steroid dienone is 1. The summed E-state index contributed by atoms with van der Waals surface area (Å²) in [6.07, 6.45) is 3.75. The highest BCUT2D eigenvalue weighted by Crippen LogP contribution is 2.35. The van der Waals surface area contributed by atoms with Crippen LogP contribution in [0.15, 0.2) is 23.4 Å². The number of hydrogen-bond donors (Lipinski definition) is 2. The lowest BCUT2D eigenvalue weighted by Gasteiger charge is -2.41. The number of rotatable bonds is 1. The molecule has 2 heterocycles. The van der Waals surface area contributed by atoms with Crippen molar-refractivity contribution in [1.82, 2.24) is 10.2 Å². The lowest BCUT2D eigenvalue weighted by atomic mass is 9.81. The Morgan fingerprint density at radius 3 is 2.83 bits per heavy atom. The van der Waals surface area contributed by atoms with E-state index in [1.165, 1.54) is 4.90 Å². The highest BCUT2D eigenvalue weighted by atomic mass is 16.6. The zero-order chi connectivity index (χ0) is 17.5. The summed E-state index contributed by atoms with van der Waals surface area (Å²) in [7, 11) is 0. The SMILES string of the molecule is CC(C)(C)OC(=O)N1CC2CC3OCCNC3=CC2=CC1C(=O)O. The first-order valence-corrected chi connectivity index (χ1v) is 8.26. The van der Waals surface area contributed by atoms with Crippen LogP contribution in [0.3, 0.4) is 0 Å². The minimum Gasteiger partial charge on any atom is -0.479 e. The van der Waals surface area contributed by atoms with E-state index in [1.807, 2.05) is 6.08 Å². The third-order valence-corrected chi connectivity index (χ3v) is 4.37. The monoisotopic (exact) mass is 336 g/mol. The Labute approximate surface area is 141 Å². The lowest BCUT2D eigenvalue weighted by molar-refractivity contribution is -0.141. The molecule has 7 nitrogen and oxygen atoms in total.